The number of amides is 2. The van der Waals surface area contributed by atoms with Crippen LogP contribution in [0.3, 0.4) is 0 Å². The van der Waals surface area contributed by atoms with Gasteiger partial charge in [0.05, 0.1) is 16.6 Å². The number of hydrogen-bond donors (Lipinski definition) is 2. The lowest BCUT2D eigenvalue weighted by atomic mass is 9.94. The van der Waals surface area contributed by atoms with Crippen LogP contribution in [-0.2, 0) is 16.1 Å². The Kier molecular flexibility index (Phi) is 8.84. The summed E-state index contributed by atoms with van der Waals surface area (Å²) >= 11 is 11.9. The van der Waals surface area contributed by atoms with Crippen LogP contribution in [0, 0.1) is 5.92 Å². The van der Waals surface area contributed by atoms with Crippen LogP contribution in [0.2, 0.25) is 10.0 Å². The molecule has 182 valence electrons. The first kappa shape index (κ1) is 25.0. The molecular weight excluding hydrogens is 471 g/mol. The van der Waals surface area contributed by atoms with Crippen molar-refractivity contribution in [3.63, 3.8) is 0 Å². The van der Waals surface area contributed by atoms with Gasteiger partial charge >= 0.3 is 0 Å². The molecule has 34 heavy (non-hydrogen) atoms. The molecule has 2 saturated heterocycles. The molecule has 8 heteroatoms. The highest BCUT2D eigenvalue weighted by Gasteiger charge is 2.28. The third-order valence-corrected chi connectivity index (χ3v) is 7.45. The Morgan fingerprint density at radius 2 is 1.53 bits per heavy atom. The molecule has 2 heterocycles. The first-order valence-corrected chi connectivity index (χ1v) is 12.8. The smallest absolute Gasteiger partial charge is 0.238 e. The van der Waals surface area contributed by atoms with E-state index in [0.29, 0.717) is 22.3 Å². The number of anilines is 1. The van der Waals surface area contributed by atoms with Gasteiger partial charge in [-0.2, -0.15) is 0 Å². The molecule has 4 rings (SSSR count). The van der Waals surface area contributed by atoms with E-state index in [1.54, 1.807) is 18.2 Å². The summed E-state index contributed by atoms with van der Waals surface area (Å²) in [6.07, 6.45) is 3.54. The fraction of sp³-hybridized carbons (Fsp3) is 0.462. The topological polar surface area (TPSA) is 64.7 Å². The summed E-state index contributed by atoms with van der Waals surface area (Å²) in [5.41, 5.74) is 1.96. The highest BCUT2D eigenvalue weighted by atomic mass is 35.5. The maximum absolute atomic E-state index is 12.8. The summed E-state index contributed by atoms with van der Waals surface area (Å²) in [6, 6.07) is 15.8. The van der Waals surface area contributed by atoms with Crippen molar-refractivity contribution in [1.82, 2.24) is 15.1 Å². The summed E-state index contributed by atoms with van der Waals surface area (Å²) in [7, 11) is 0. The van der Waals surface area contributed by atoms with Gasteiger partial charge in [-0.05, 0) is 62.5 Å². The molecule has 2 aromatic rings. The van der Waals surface area contributed by atoms with E-state index < -0.39 is 0 Å². The number of halogens is 2. The second kappa shape index (κ2) is 12.0. The number of nitrogens with one attached hydrogen (secondary N) is 2. The number of hydrogen-bond acceptors (Lipinski definition) is 4. The first-order chi connectivity index (χ1) is 16.5. The second-order valence-corrected chi connectivity index (χ2v) is 10.1. The van der Waals surface area contributed by atoms with Crippen molar-refractivity contribution in [2.45, 2.75) is 38.3 Å². The quantitative estimate of drug-likeness (QED) is 0.587. The lowest BCUT2D eigenvalue weighted by molar-refractivity contribution is -0.127. The minimum Gasteiger partial charge on any atom is -0.353 e. The van der Waals surface area contributed by atoms with Crippen LogP contribution >= 0.6 is 23.2 Å². The lowest BCUT2D eigenvalue weighted by Crippen LogP contribution is -2.48. The summed E-state index contributed by atoms with van der Waals surface area (Å²) < 4.78 is 0. The van der Waals surface area contributed by atoms with Crippen molar-refractivity contribution < 1.29 is 9.59 Å². The van der Waals surface area contributed by atoms with Crippen LogP contribution in [0.5, 0.6) is 0 Å². The van der Waals surface area contributed by atoms with Crippen molar-refractivity contribution in [3.8, 4) is 0 Å². The van der Waals surface area contributed by atoms with Crippen molar-refractivity contribution in [2.75, 3.05) is 38.0 Å². The number of rotatable bonds is 7. The third kappa shape index (κ3) is 7.19. The Labute approximate surface area is 211 Å². The summed E-state index contributed by atoms with van der Waals surface area (Å²) in [4.78, 5) is 29.8. The summed E-state index contributed by atoms with van der Waals surface area (Å²) in [6.45, 7) is 4.76. The standard InChI is InChI=1S/C26H32Cl2N4O2/c27-23-7-6-22(16-24(23)28)29-25(33)18-32-12-8-20(9-13-32)26(34)30-21-10-14-31(15-11-21)17-19-4-2-1-3-5-19/h1-7,16,20-21H,8-15,17-18H2,(H,29,33)(H,30,34). The van der Waals surface area contributed by atoms with Gasteiger partial charge in [0.1, 0.15) is 0 Å². The normalized spacial score (nSPS) is 18.5. The minimum atomic E-state index is -0.0939. The second-order valence-electron chi connectivity index (χ2n) is 9.27. The number of benzene rings is 2. The van der Waals surface area contributed by atoms with Crippen LogP contribution in [0.25, 0.3) is 0 Å². The van der Waals surface area contributed by atoms with Gasteiger partial charge in [0, 0.05) is 37.3 Å². The predicted molar refractivity (Wildman–Crippen MR) is 137 cm³/mol. The van der Waals surface area contributed by atoms with Gasteiger partial charge < -0.3 is 10.6 Å². The Balaban J connectivity index is 1.14. The molecule has 0 bridgehead atoms. The van der Waals surface area contributed by atoms with Gasteiger partial charge in [-0.1, -0.05) is 53.5 Å². The SMILES string of the molecule is O=C(CN1CCC(C(=O)NC2CCN(Cc3ccccc3)CC2)CC1)Nc1ccc(Cl)c(Cl)c1. The lowest BCUT2D eigenvalue weighted by Gasteiger charge is -2.35. The molecule has 2 aromatic carbocycles. The van der Waals surface area contributed by atoms with E-state index in [1.807, 2.05) is 6.07 Å². The highest BCUT2D eigenvalue weighted by Crippen LogP contribution is 2.25. The van der Waals surface area contributed by atoms with Gasteiger partial charge in [-0.15, -0.1) is 0 Å². The Hall–Kier alpha value is -2.12. The van der Waals surface area contributed by atoms with E-state index in [9.17, 15) is 9.59 Å². The monoisotopic (exact) mass is 502 g/mol. The van der Waals surface area contributed by atoms with Crippen LogP contribution in [0.4, 0.5) is 5.69 Å². The number of nitrogens with zero attached hydrogens (tertiary/aromatic N) is 2. The van der Waals surface area contributed by atoms with Crippen LogP contribution < -0.4 is 10.6 Å². The molecule has 0 saturated carbocycles. The molecule has 2 fully saturated rings. The van der Waals surface area contributed by atoms with Crippen LogP contribution in [0.1, 0.15) is 31.2 Å². The molecule has 6 nitrogen and oxygen atoms in total. The van der Waals surface area contributed by atoms with Gasteiger partial charge in [0.2, 0.25) is 11.8 Å². The van der Waals surface area contributed by atoms with Crippen molar-refractivity contribution in [2.24, 2.45) is 5.92 Å². The molecule has 0 unspecified atom stereocenters. The van der Waals surface area contributed by atoms with E-state index >= 15 is 0 Å². The maximum Gasteiger partial charge on any atom is 0.238 e. The third-order valence-electron chi connectivity index (χ3n) is 6.71. The molecule has 2 aliphatic rings. The zero-order valence-electron chi connectivity index (χ0n) is 19.3. The maximum atomic E-state index is 12.8. The van der Waals surface area contributed by atoms with Crippen LogP contribution in [-0.4, -0.2) is 60.4 Å². The van der Waals surface area contributed by atoms with E-state index in [1.165, 1.54) is 5.56 Å². The molecule has 2 N–H and O–H groups in total. The first-order valence-electron chi connectivity index (χ1n) is 12.0. The molecule has 2 aliphatic heterocycles. The number of carbonyl (C=O) groups is 2. The predicted octanol–water partition coefficient (Wildman–Crippen LogP) is 4.42. The van der Waals surface area contributed by atoms with Gasteiger partial charge in [0.25, 0.3) is 0 Å². The fourth-order valence-electron chi connectivity index (χ4n) is 4.73. The average molecular weight is 503 g/mol. The number of likely N-dealkylation sites (tertiary alicyclic amines) is 2. The number of piperidine rings is 2. The molecule has 0 spiro atoms. The number of carbonyl (C=O) groups excluding carboxylic acids is 2. The Morgan fingerprint density at radius 1 is 0.853 bits per heavy atom. The Bertz CT molecular complexity index is 972. The molecule has 0 atom stereocenters. The van der Waals surface area contributed by atoms with E-state index in [4.69, 9.17) is 23.2 Å². The van der Waals surface area contributed by atoms with E-state index in [-0.39, 0.29) is 23.8 Å². The molecular formula is C26H32Cl2N4O2. The summed E-state index contributed by atoms with van der Waals surface area (Å²) in [5, 5.41) is 7.01. The zero-order valence-corrected chi connectivity index (χ0v) is 20.8. The van der Waals surface area contributed by atoms with Crippen LogP contribution in [0.15, 0.2) is 48.5 Å². The minimum absolute atomic E-state index is 0.0248. The van der Waals surface area contributed by atoms with Crippen molar-refractivity contribution >= 4 is 40.7 Å². The zero-order chi connectivity index (χ0) is 23.9. The van der Waals surface area contributed by atoms with Crippen molar-refractivity contribution in [1.29, 1.82) is 0 Å². The highest BCUT2D eigenvalue weighted by molar-refractivity contribution is 6.42. The van der Waals surface area contributed by atoms with E-state index in [0.717, 1.165) is 58.4 Å². The fourth-order valence-corrected chi connectivity index (χ4v) is 5.02. The summed E-state index contributed by atoms with van der Waals surface area (Å²) in [5.74, 6) is 0.0988. The molecule has 0 aliphatic carbocycles. The van der Waals surface area contributed by atoms with Gasteiger partial charge in [-0.25, -0.2) is 0 Å². The van der Waals surface area contributed by atoms with Gasteiger partial charge in [0.15, 0.2) is 0 Å². The Morgan fingerprint density at radius 3 is 2.21 bits per heavy atom. The largest absolute Gasteiger partial charge is 0.353 e. The van der Waals surface area contributed by atoms with Gasteiger partial charge in [-0.3, -0.25) is 19.4 Å². The molecule has 2 amide bonds. The molecule has 0 radical (unpaired) electrons. The average Bonchev–Trinajstić information content (AvgIpc) is 2.84. The molecule has 0 aromatic heterocycles. The van der Waals surface area contributed by atoms with E-state index in [2.05, 4.69) is 44.7 Å². The van der Waals surface area contributed by atoms with Crippen molar-refractivity contribution in [3.05, 3.63) is 64.1 Å².